The van der Waals surface area contributed by atoms with Gasteiger partial charge in [-0.25, -0.2) is 14.4 Å². The number of rotatable bonds is 5. The maximum absolute atomic E-state index is 12.0. The molecule has 1 aromatic rings. The second kappa shape index (κ2) is 9.51. The van der Waals surface area contributed by atoms with Crippen molar-refractivity contribution in [3.8, 4) is 0 Å². The molecule has 0 radical (unpaired) electrons. The van der Waals surface area contributed by atoms with Gasteiger partial charge < -0.3 is 19.5 Å². The SMILES string of the molecule is CCOC(=O)C(=O)Nc1ccc(/C=C/C(=O)OC(C)(C)C)cc1C(=O)OC. The van der Waals surface area contributed by atoms with Gasteiger partial charge in [-0.3, -0.25) is 4.79 Å². The molecule has 1 N–H and O–H groups in total. The summed E-state index contributed by atoms with van der Waals surface area (Å²) in [6.45, 7) is 6.85. The van der Waals surface area contributed by atoms with E-state index in [1.54, 1.807) is 33.8 Å². The highest BCUT2D eigenvalue weighted by molar-refractivity contribution is 6.37. The summed E-state index contributed by atoms with van der Waals surface area (Å²) in [7, 11) is 1.18. The lowest BCUT2D eigenvalue weighted by molar-refractivity contribution is -0.152. The van der Waals surface area contributed by atoms with E-state index in [1.807, 2.05) is 0 Å². The third kappa shape index (κ3) is 7.31. The van der Waals surface area contributed by atoms with E-state index in [2.05, 4.69) is 10.1 Å². The molecular weight excluding hydrogens is 354 g/mol. The molecule has 0 saturated heterocycles. The standard InChI is InChI=1S/C19H23NO7/c1-6-26-18(24)16(22)20-14-9-7-12(11-13(14)17(23)25-5)8-10-15(21)27-19(2,3)4/h7-11H,6H2,1-5H3,(H,20,22)/b10-8+. The molecule has 27 heavy (non-hydrogen) atoms. The van der Waals surface area contributed by atoms with E-state index in [4.69, 9.17) is 9.47 Å². The number of amides is 1. The fourth-order valence-electron chi connectivity index (χ4n) is 1.92. The zero-order valence-corrected chi connectivity index (χ0v) is 16.0. The van der Waals surface area contributed by atoms with E-state index in [9.17, 15) is 19.2 Å². The lowest BCUT2D eigenvalue weighted by Gasteiger charge is -2.17. The Morgan fingerprint density at radius 3 is 2.37 bits per heavy atom. The molecule has 8 nitrogen and oxygen atoms in total. The quantitative estimate of drug-likeness (QED) is 0.363. The van der Waals surface area contributed by atoms with Crippen LogP contribution in [-0.4, -0.2) is 43.1 Å². The van der Waals surface area contributed by atoms with Crippen molar-refractivity contribution in [2.24, 2.45) is 0 Å². The summed E-state index contributed by atoms with van der Waals surface area (Å²) in [5.74, 6) is -3.34. The van der Waals surface area contributed by atoms with Gasteiger partial charge in [0.05, 0.1) is 25.0 Å². The molecule has 0 unspecified atom stereocenters. The highest BCUT2D eigenvalue weighted by atomic mass is 16.6. The molecule has 0 aliphatic heterocycles. The summed E-state index contributed by atoms with van der Waals surface area (Å²) >= 11 is 0. The summed E-state index contributed by atoms with van der Waals surface area (Å²) < 4.78 is 14.5. The summed E-state index contributed by atoms with van der Waals surface area (Å²) in [5.41, 5.74) is -0.0361. The number of esters is 3. The molecule has 0 fully saturated rings. The van der Waals surface area contributed by atoms with E-state index >= 15 is 0 Å². The van der Waals surface area contributed by atoms with Crippen molar-refractivity contribution in [1.29, 1.82) is 0 Å². The second-order valence-electron chi connectivity index (χ2n) is 6.34. The molecule has 0 spiro atoms. The van der Waals surface area contributed by atoms with Crippen molar-refractivity contribution >= 4 is 35.6 Å². The van der Waals surface area contributed by atoms with Gasteiger partial charge in [0.25, 0.3) is 0 Å². The molecule has 0 aliphatic rings. The number of hydrogen-bond acceptors (Lipinski definition) is 7. The Balaban J connectivity index is 3.06. The summed E-state index contributed by atoms with van der Waals surface area (Å²) in [4.78, 5) is 47.0. The third-order valence-corrected chi connectivity index (χ3v) is 2.98. The van der Waals surface area contributed by atoms with Gasteiger partial charge >= 0.3 is 23.8 Å². The summed E-state index contributed by atoms with van der Waals surface area (Å²) in [5, 5.41) is 2.30. The molecule has 0 heterocycles. The van der Waals surface area contributed by atoms with Gasteiger partial charge in [0.2, 0.25) is 0 Å². The van der Waals surface area contributed by atoms with Crippen LogP contribution in [0.1, 0.15) is 43.6 Å². The van der Waals surface area contributed by atoms with E-state index in [1.165, 1.54) is 31.4 Å². The molecule has 0 aromatic heterocycles. The van der Waals surface area contributed by atoms with Gasteiger partial charge in [0.1, 0.15) is 5.60 Å². The van der Waals surface area contributed by atoms with Crippen LogP contribution in [0.4, 0.5) is 5.69 Å². The second-order valence-corrected chi connectivity index (χ2v) is 6.34. The molecule has 1 amide bonds. The fourth-order valence-corrected chi connectivity index (χ4v) is 1.92. The first-order valence-electron chi connectivity index (χ1n) is 8.19. The molecule has 8 heteroatoms. The number of benzene rings is 1. The minimum Gasteiger partial charge on any atom is -0.465 e. The van der Waals surface area contributed by atoms with Crippen LogP contribution >= 0.6 is 0 Å². The Bertz CT molecular complexity index is 760. The lowest BCUT2D eigenvalue weighted by Crippen LogP contribution is -2.26. The van der Waals surface area contributed by atoms with Gasteiger partial charge in [-0.2, -0.15) is 0 Å². The normalized spacial score (nSPS) is 11.0. The Labute approximate surface area is 157 Å². The third-order valence-electron chi connectivity index (χ3n) is 2.98. The maximum Gasteiger partial charge on any atom is 0.397 e. The predicted octanol–water partition coefficient (Wildman–Crippen LogP) is 2.33. The van der Waals surface area contributed by atoms with Crippen molar-refractivity contribution in [2.45, 2.75) is 33.3 Å². The first kappa shape index (κ1) is 21.9. The van der Waals surface area contributed by atoms with Crippen LogP contribution < -0.4 is 5.32 Å². The minimum absolute atomic E-state index is 0.0153. The lowest BCUT2D eigenvalue weighted by atomic mass is 10.1. The Morgan fingerprint density at radius 1 is 1.15 bits per heavy atom. The van der Waals surface area contributed by atoms with Gasteiger partial charge in [-0.1, -0.05) is 6.07 Å². The molecule has 146 valence electrons. The molecule has 0 bridgehead atoms. The number of methoxy groups -OCH3 is 1. The zero-order chi connectivity index (χ0) is 20.6. The van der Waals surface area contributed by atoms with Gasteiger partial charge in [0.15, 0.2) is 0 Å². The van der Waals surface area contributed by atoms with Crippen molar-refractivity contribution in [3.63, 3.8) is 0 Å². The van der Waals surface area contributed by atoms with Crippen LogP contribution in [0.25, 0.3) is 6.08 Å². The number of anilines is 1. The van der Waals surface area contributed by atoms with E-state index < -0.39 is 29.4 Å². The number of carbonyl (C=O) groups is 4. The molecular formula is C19H23NO7. The monoisotopic (exact) mass is 377 g/mol. The highest BCUT2D eigenvalue weighted by Gasteiger charge is 2.20. The largest absolute Gasteiger partial charge is 0.465 e. The molecule has 0 atom stereocenters. The van der Waals surface area contributed by atoms with Crippen molar-refractivity contribution in [3.05, 3.63) is 35.4 Å². The van der Waals surface area contributed by atoms with Gasteiger partial charge in [-0.05, 0) is 51.5 Å². The van der Waals surface area contributed by atoms with Crippen molar-refractivity contribution < 1.29 is 33.4 Å². The fraction of sp³-hybridized carbons (Fsp3) is 0.368. The molecule has 1 aromatic carbocycles. The van der Waals surface area contributed by atoms with Gasteiger partial charge in [0, 0.05) is 6.08 Å². The van der Waals surface area contributed by atoms with Crippen LogP contribution in [0, 0.1) is 0 Å². The summed E-state index contributed by atoms with van der Waals surface area (Å²) in [6.07, 6.45) is 2.68. The average molecular weight is 377 g/mol. The Kier molecular flexibility index (Phi) is 7.71. The smallest absolute Gasteiger partial charge is 0.397 e. The topological polar surface area (TPSA) is 108 Å². The molecule has 1 rings (SSSR count). The maximum atomic E-state index is 12.0. The van der Waals surface area contributed by atoms with Crippen LogP contribution in [0.5, 0.6) is 0 Å². The molecule has 0 saturated carbocycles. The summed E-state index contributed by atoms with van der Waals surface area (Å²) in [6, 6.07) is 4.37. The van der Waals surface area contributed by atoms with Gasteiger partial charge in [-0.15, -0.1) is 0 Å². The zero-order valence-electron chi connectivity index (χ0n) is 16.0. The number of ether oxygens (including phenoxy) is 3. The van der Waals surface area contributed by atoms with Crippen LogP contribution in [0.2, 0.25) is 0 Å². The average Bonchev–Trinajstić information content (AvgIpc) is 2.58. The Hall–Kier alpha value is -3.16. The highest BCUT2D eigenvalue weighted by Crippen LogP contribution is 2.20. The van der Waals surface area contributed by atoms with E-state index in [0.717, 1.165) is 0 Å². The first-order chi connectivity index (χ1) is 12.6. The van der Waals surface area contributed by atoms with Crippen molar-refractivity contribution in [1.82, 2.24) is 0 Å². The number of carbonyl (C=O) groups excluding carboxylic acids is 4. The molecule has 0 aliphatic carbocycles. The minimum atomic E-state index is -1.07. The predicted molar refractivity (Wildman–Crippen MR) is 97.9 cm³/mol. The number of hydrogen-bond donors (Lipinski definition) is 1. The van der Waals surface area contributed by atoms with E-state index in [0.29, 0.717) is 5.56 Å². The van der Waals surface area contributed by atoms with Crippen LogP contribution in [-0.2, 0) is 28.6 Å². The van der Waals surface area contributed by atoms with E-state index in [-0.39, 0.29) is 17.9 Å². The van der Waals surface area contributed by atoms with Crippen LogP contribution in [0.15, 0.2) is 24.3 Å². The number of nitrogens with one attached hydrogen (secondary N) is 1. The van der Waals surface area contributed by atoms with Crippen molar-refractivity contribution in [2.75, 3.05) is 19.0 Å². The van der Waals surface area contributed by atoms with Crippen LogP contribution in [0.3, 0.4) is 0 Å². The first-order valence-corrected chi connectivity index (χ1v) is 8.19. The Morgan fingerprint density at radius 2 is 1.81 bits per heavy atom.